The van der Waals surface area contributed by atoms with Crippen LogP contribution in [-0.4, -0.2) is 44.8 Å². The number of hydrogen-bond donors (Lipinski definition) is 1. The van der Waals surface area contributed by atoms with Crippen LogP contribution in [0.15, 0.2) is 41.3 Å². The summed E-state index contributed by atoms with van der Waals surface area (Å²) in [5.41, 5.74) is 0.262. The molecule has 9 nitrogen and oxygen atoms in total. The van der Waals surface area contributed by atoms with E-state index in [2.05, 4.69) is 5.32 Å². The van der Waals surface area contributed by atoms with Gasteiger partial charge in [-0.15, -0.1) is 0 Å². The Morgan fingerprint density at radius 3 is 2.44 bits per heavy atom. The Morgan fingerprint density at radius 1 is 1.22 bits per heavy atom. The Bertz CT molecular complexity index is 1000. The van der Waals surface area contributed by atoms with E-state index in [1.54, 1.807) is 0 Å². The Morgan fingerprint density at radius 2 is 1.89 bits per heavy atom. The molecule has 0 aromatic heterocycles. The predicted molar refractivity (Wildman–Crippen MR) is 99.7 cm³/mol. The van der Waals surface area contributed by atoms with Gasteiger partial charge in [-0.05, 0) is 31.2 Å². The lowest BCUT2D eigenvalue weighted by atomic mass is 10.1. The molecule has 0 aliphatic heterocycles. The number of nitro groups is 1. The van der Waals surface area contributed by atoms with Crippen LogP contribution in [-0.2, 0) is 10.0 Å². The van der Waals surface area contributed by atoms with E-state index >= 15 is 0 Å². The van der Waals surface area contributed by atoms with Gasteiger partial charge in [0.25, 0.3) is 11.6 Å². The van der Waals surface area contributed by atoms with Gasteiger partial charge in [0.2, 0.25) is 10.0 Å². The monoisotopic (exact) mass is 393 g/mol. The number of amides is 1. The van der Waals surface area contributed by atoms with Crippen molar-refractivity contribution in [1.29, 1.82) is 0 Å². The zero-order valence-corrected chi connectivity index (χ0v) is 16.0. The van der Waals surface area contributed by atoms with Crippen LogP contribution in [0, 0.1) is 17.0 Å². The number of rotatable bonds is 6. The fraction of sp³-hybridized carbons (Fsp3) is 0.235. The lowest BCUT2D eigenvalue weighted by Crippen LogP contribution is -2.22. The first-order valence-corrected chi connectivity index (χ1v) is 9.19. The third-order valence-corrected chi connectivity index (χ3v) is 5.76. The van der Waals surface area contributed by atoms with Crippen molar-refractivity contribution in [2.45, 2.75) is 11.8 Å². The molecule has 0 unspecified atom stereocenters. The highest BCUT2D eigenvalue weighted by Gasteiger charge is 2.22. The minimum absolute atomic E-state index is 0.0284. The summed E-state index contributed by atoms with van der Waals surface area (Å²) in [5.74, 6) is -0.363. The molecule has 144 valence electrons. The SMILES string of the molecule is COc1ccc(S(=O)(=O)N(C)C)cc1NC(=O)c1cccc([N+](=O)[O-])c1C. The minimum atomic E-state index is -3.71. The average molecular weight is 393 g/mol. The van der Waals surface area contributed by atoms with Crippen molar-refractivity contribution in [2.75, 3.05) is 26.5 Å². The number of methoxy groups -OCH3 is 1. The van der Waals surface area contributed by atoms with Crippen LogP contribution in [0.25, 0.3) is 0 Å². The van der Waals surface area contributed by atoms with Crippen LogP contribution >= 0.6 is 0 Å². The van der Waals surface area contributed by atoms with Crippen LogP contribution in [0.4, 0.5) is 11.4 Å². The van der Waals surface area contributed by atoms with Gasteiger partial charge in [0.05, 0.1) is 22.6 Å². The minimum Gasteiger partial charge on any atom is -0.495 e. The summed E-state index contributed by atoms with van der Waals surface area (Å²) >= 11 is 0. The second-order valence-electron chi connectivity index (χ2n) is 5.81. The van der Waals surface area contributed by atoms with E-state index in [0.29, 0.717) is 0 Å². The number of anilines is 1. The van der Waals surface area contributed by atoms with Crippen molar-refractivity contribution in [3.05, 3.63) is 57.6 Å². The van der Waals surface area contributed by atoms with Gasteiger partial charge in [-0.25, -0.2) is 12.7 Å². The van der Waals surface area contributed by atoms with E-state index in [1.165, 1.54) is 64.5 Å². The molecule has 27 heavy (non-hydrogen) atoms. The van der Waals surface area contributed by atoms with Gasteiger partial charge in [0, 0.05) is 31.3 Å². The summed E-state index contributed by atoms with van der Waals surface area (Å²) in [7, 11) is 0.451. The maximum Gasteiger partial charge on any atom is 0.273 e. The number of carbonyl (C=O) groups is 1. The summed E-state index contributed by atoms with van der Waals surface area (Å²) in [6.45, 7) is 1.47. The van der Waals surface area contributed by atoms with Crippen LogP contribution in [0.5, 0.6) is 5.75 Å². The number of sulfonamides is 1. The summed E-state index contributed by atoms with van der Waals surface area (Å²) in [4.78, 5) is 23.1. The van der Waals surface area contributed by atoms with Crippen molar-refractivity contribution in [3.8, 4) is 5.75 Å². The van der Waals surface area contributed by atoms with Crippen molar-refractivity contribution in [1.82, 2.24) is 4.31 Å². The first-order valence-electron chi connectivity index (χ1n) is 7.75. The lowest BCUT2D eigenvalue weighted by molar-refractivity contribution is -0.385. The standard InChI is InChI=1S/C17H19N3O6S/c1-11-13(6-5-7-15(11)20(22)23)17(21)18-14-10-12(8-9-16(14)26-4)27(24,25)19(2)3/h5-10H,1-4H3,(H,18,21). The third-order valence-electron chi connectivity index (χ3n) is 3.94. The topological polar surface area (TPSA) is 119 Å². The van der Waals surface area contributed by atoms with Gasteiger partial charge in [-0.1, -0.05) is 6.07 Å². The third kappa shape index (κ3) is 4.07. The van der Waals surface area contributed by atoms with E-state index in [9.17, 15) is 23.3 Å². The lowest BCUT2D eigenvalue weighted by Gasteiger charge is -2.15. The second-order valence-corrected chi connectivity index (χ2v) is 7.96. The van der Waals surface area contributed by atoms with Gasteiger partial charge < -0.3 is 10.1 Å². The smallest absolute Gasteiger partial charge is 0.273 e. The maximum atomic E-state index is 12.6. The second kappa shape index (κ2) is 7.72. The number of nitrogens with one attached hydrogen (secondary N) is 1. The normalized spacial score (nSPS) is 11.3. The van der Waals surface area contributed by atoms with Crippen LogP contribution in [0.1, 0.15) is 15.9 Å². The van der Waals surface area contributed by atoms with Gasteiger partial charge in [0.1, 0.15) is 5.75 Å². The zero-order valence-electron chi connectivity index (χ0n) is 15.2. The number of ether oxygens (including phenoxy) is 1. The number of hydrogen-bond acceptors (Lipinski definition) is 6. The van der Waals surface area contributed by atoms with E-state index in [4.69, 9.17) is 4.74 Å². The van der Waals surface area contributed by atoms with Gasteiger partial charge >= 0.3 is 0 Å². The molecule has 0 saturated carbocycles. The molecular weight excluding hydrogens is 374 g/mol. The van der Waals surface area contributed by atoms with E-state index in [-0.39, 0.29) is 33.1 Å². The molecule has 10 heteroatoms. The molecular formula is C17H19N3O6S. The Hall–Kier alpha value is -2.98. The summed E-state index contributed by atoms with van der Waals surface area (Å²) in [6.07, 6.45) is 0. The molecule has 2 aromatic carbocycles. The van der Waals surface area contributed by atoms with Crippen molar-refractivity contribution in [2.24, 2.45) is 0 Å². The molecule has 0 spiro atoms. The van der Waals surface area contributed by atoms with Gasteiger partial charge in [-0.2, -0.15) is 0 Å². The van der Waals surface area contributed by atoms with E-state index < -0.39 is 20.9 Å². The molecule has 0 fully saturated rings. The molecule has 0 aliphatic rings. The molecule has 2 rings (SSSR count). The molecule has 2 aromatic rings. The van der Waals surface area contributed by atoms with Crippen molar-refractivity contribution >= 4 is 27.3 Å². The fourth-order valence-corrected chi connectivity index (χ4v) is 3.34. The predicted octanol–water partition coefficient (Wildman–Crippen LogP) is 2.41. The van der Waals surface area contributed by atoms with Crippen LogP contribution < -0.4 is 10.1 Å². The van der Waals surface area contributed by atoms with E-state index in [1.807, 2.05) is 0 Å². The fourth-order valence-electron chi connectivity index (χ4n) is 2.41. The van der Waals surface area contributed by atoms with Gasteiger partial charge in [0.15, 0.2) is 0 Å². The van der Waals surface area contributed by atoms with Gasteiger partial charge in [-0.3, -0.25) is 14.9 Å². The Kier molecular flexibility index (Phi) is 5.82. The van der Waals surface area contributed by atoms with Crippen LogP contribution in [0.2, 0.25) is 0 Å². The zero-order chi connectivity index (χ0) is 20.4. The highest BCUT2D eigenvalue weighted by molar-refractivity contribution is 7.89. The molecule has 0 atom stereocenters. The molecule has 1 N–H and O–H groups in total. The highest BCUT2D eigenvalue weighted by atomic mass is 32.2. The number of benzene rings is 2. The first-order chi connectivity index (χ1) is 12.6. The molecule has 0 radical (unpaired) electrons. The van der Waals surface area contributed by atoms with Crippen molar-refractivity contribution < 1.29 is 22.9 Å². The number of nitro benzene ring substituents is 1. The number of carbonyl (C=O) groups excluding carboxylic acids is 1. The quantitative estimate of drug-likeness (QED) is 0.595. The molecule has 0 heterocycles. The Balaban J connectivity index is 2.46. The molecule has 0 bridgehead atoms. The summed E-state index contributed by atoms with van der Waals surface area (Å²) in [6, 6.07) is 8.22. The summed E-state index contributed by atoms with van der Waals surface area (Å²) in [5, 5.41) is 13.6. The average Bonchev–Trinajstić information content (AvgIpc) is 2.61. The molecule has 0 saturated heterocycles. The Labute approximate surface area is 156 Å². The van der Waals surface area contributed by atoms with Crippen LogP contribution in [0.3, 0.4) is 0 Å². The number of nitrogens with zero attached hydrogens (tertiary/aromatic N) is 2. The van der Waals surface area contributed by atoms with E-state index in [0.717, 1.165) is 4.31 Å². The highest BCUT2D eigenvalue weighted by Crippen LogP contribution is 2.30. The first kappa shape index (κ1) is 20.3. The summed E-state index contributed by atoms with van der Waals surface area (Å²) < 4.78 is 30.8. The molecule has 0 aliphatic carbocycles. The molecule has 1 amide bonds. The van der Waals surface area contributed by atoms with Crippen molar-refractivity contribution in [3.63, 3.8) is 0 Å². The largest absolute Gasteiger partial charge is 0.495 e. The maximum absolute atomic E-state index is 12.6.